The third-order valence-electron chi connectivity index (χ3n) is 6.03. The van der Waals surface area contributed by atoms with Crippen LogP contribution in [0.2, 0.25) is 0 Å². The number of hydrogen-bond acceptors (Lipinski definition) is 5. The molecule has 3 heterocycles. The molecule has 2 aromatic carbocycles. The number of para-hydroxylation sites is 1. The molecule has 1 spiro atoms. The van der Waals surface area contributed by atoms with Crippen molar-refractivity contribution in [3.8, 4) is 0 Å². The van der Waals surface area contributed by atoms with Crippen molar-refractivity contribution in [2.45, 2.75) is 24.8 Å². The fraction of sp³-hybridized carbons (Fsp3) is 0.333. The second-order valence-corrected chi connectivity index (χ2v) is 8.18. The highest BCUT2D eigenvalue weighted by atomic mass is 19.4. The molecule has 0 atom stereocenters. The van der Waals surface area contributed by atoms with Gasteiger partial charge in [0, 0.05) is 37.0 Å². The summed E-state index contributed by atoms with van der Waals surface area (Å²) in [7, 11) is 0. The lowest BCUT2D eigenvalue weighted by Crippen LogP contribution is -2.47. The van der Waals surface area contributed by atoms with E-state index in [1.807, 2.05) is 12.1 Å². The van der Waals surface area contributed by atoms with Gasteiger partial charge in [0.15, 0.2) is 5.79 Å². The summed E-state index contributed by atoms with van der Waals surface area (Å²) in [6.07, 6.45) is -3.26. The van der Waals surface area contributed by atoms with Gasteiger partial charge in [0.2, 0.25) is 0 Å². The van der Waals surface area contributed by atoms with Crippen LogP contribution >= 0.6 is 0 Å². The molecule has 0 saturated carbocycles. The number of benzene rings is 2. The van der Waals surface area contributed by atoms with Crippen molar-refractivity contribution < 1.29 is 27.4 Å². The molecule has 0 aliphatic carbocycles. The summed E-state index contributed by atoms with van der Waals surface area (Å²) in [5.74, 6) is -0.450. The van der Waals surface area contributed by atoms with Crippen LogP contribution in [0.5, 0.6) is 0 Å². The Hall–Kier alpha value is -3.17. The number of fused-ring (bicyclic) bond motifs is 1. The molecule has 2 fully saturated rings. The molecule has 1 aromatic heterocycles. The molecule has 2 aliphatic rings. The van der Waals surface area contributed by atoms with Crippen LogP contribution in [0, 0.1) is 0 Å². The number of nitrogens with one attached hydrogen (secondary N) is 1. The van der Waals surface area contributed by atoms with Crippen LogP contribution in [0.15, 0.2) is 54.6 Å². The number of carbonyl (C=O) groups is 1. The topological polar surface area (TPSA) is 63.7 Å². The zero-order valence-electron chi connectivity index (χ0n) is 17.7. The van der Waals surface area contributed by atoms with Crippen molar-refractivity contribution in [3.05, 3.63) is 65.7 Å². The first-order chi connectivity index (χ1) is 15.8. The molecule has 0 radical (unpaired) electrons. The maximum atomic E-state index is 13.4. The van der Waals surface area contributed by atoms with E-state index in [1.54, 1.807) is 23.1 Å². The standard InChI is InChI=1S/C24H22F3N3O3/c25-24(26,27)16-4-3-5-17(14-16)28-21-15-19(18-6-1-2-7-20(18)29-21)22(31)30-10-8-23(9-11-30)32-12-13-33-23/h1-7,14-15H,8-13H2,(H,28,29). The molecular formula is C24H22F3N3O3. The van der Waals surface area contributed by atoms with Gasteiger partial charge in [-0.3, -0.25) is 4.79 Å². The van der Waals surface area contributed by atoms with Crippen LogP contribution in [-0.2, 0) is 15.7 Å². The number of nitrogens with zero attached hydrogens (tertiary/aromatic N) is 2. The van der Waals surface area contributed by atoms with Gasteiger partial charge in [-0.15, -0.1) is 0 Å². The van der Waals surface area contributed by atoms with Gasteiger partial charge in [-0.2, -0.15) is 13.2 Å². The van der Waals surface area contributed by atoms with Crippen LogP contribution in [0.25, 0.3) is 10.9 Å². The normalized spacial score (nSPS) is 18.1. The van der Waals surface area contributed by atoms with E-state index >= 15 is 0 Å². The quantitative estimate of drug-likeness (QED) is 0.601. The predicted molar refractivity (Wildman–Crippen MR) is 116 cm³/mol. The summed E-state index contributed by atoms with van der Waals surface area (Å²) in [6, 6.07) is 13.7. The van der Waals surface area contributed by atoms with Crippen LogP contribution in [0.4, 0.5) is 24.7 Å². The Morgan fingerprint density at radius 3 is 2.45 bits per heavy atom. The molecular weight excluding hydrogens is 435 g/mol. The summed E-state index contributed by atoms with van der Waals surface area (Å²) in [5, 5.41) is 3.61. The number of amides is 1. The first kappa shape index (κ1) is 21.7. The predicted octanol–water partition coefficient (Wildman–Crippen LogP) is 4.98. The number of carbonyl (C=O) groups excluding carboxylic acids is 1. The van der Waals surface area contributed by atoms with Crippen molar-refractivity contribution in [2.75, 3.05) is 31.6 Å². The molecule has 2 saturated heterocycles. The van der Waals surface area contributed by atoms with Crippen molar-refractivity contribution in [1.82, 2.24) is 9.88 Å². The van der Waals surface area contributed by atoms with Gasteiger partial charge in [-0.1, -0.05) is 24.3 Å². The molecule has 33 heavy (non-hydrogen) atoms. The Kier molecular flexibility index (Phi) is 5.46. The Labute approximate surface area is 188 Å². The number of hydrogen-bond donors (Lipinski definition) is 1. The minimum atomic E-state index is -4.45. The molecule has 6 nitrogen and oxygen atoms in total. The number of rotatable bonds is 3. The number of likely N-dealkylation sites (tertiary alicyclic amines) is 1. The molecule has 0 bridgehead atoms. The Morgan fingerprint density at radius 1 is 1.00 bits per heavy atom. The number of alkyl halides is 3. The summed E-state index contributed by atoms with van der Waals surface area (Å²) in [5.41, 5.74) is 0.498. The zero-order valence-corrected chi connectivity index (χ0v) is 17.7. The van der Waals surface area contributed by atoms with Crippen LogP contribution in [0.3, 0.4) is 0 Å². The number of halogens is 3. The number of anilines is 2. The minimum Gasteiger partial charge on any atom is -0.347 e. The smallest absolute Gasteiger partial charge is 0.347 e. The number of aromatic nitrogens is 1. The maximum Gasteiger partial charge on any atom is 0.416 e. The van der Waals surface area contributed by atoms with E-state index in [2.05, 4.69) is 10.3 Å². The van der Waals surface area contributed by atoms with E-state index in [0.717, 1.165) is 12.1 Å². The van der Waals surface area contributed by atoms with Gasteiger partial charge in [-0.05, 0) is 30.3 Å². The first-order valence-electron chi connectivity index (χ1n) is 10.7. The second-order valence-electron chi connectivity index (χ2n) is 8.18. The first-order valence-corrected chi connectivity index (χ1v) is 10.7. The monoisotopic (exact) mass is 457 g/mol. The Morgan fingerprint density at radius 2 is 1.73 bits per heavy atom. The lowest BCUT2D eigenvalue weighted by atomic mass is 10.0. The van der Waals surface area contributed by atoms with Crippen LogP contribution in [0.1, 0.15) is 28.8 Å². The average Bonchev–Trinajstić information content (AvgIpc) is 3.26. The maximum absolute atomic E-state index is 13.4. The molecule has 5 rings (SSSR count). The van der Waals surface area contributed by atoms with E-state index in [1.165, 1.54) is 12.1 Å². The summed E-state index contributed by atoms with van der Waals surface area (Å²) < 4.78 is 50.8. The lowest BCUT2D eigenvalue weighted by Gasteiger charge is -2.37. The van der Waals surface area contributed by atoms with Gasteiger partial charge in [0.1, 0.15) is 5.82 Å². The second kappa shape index (κ2) is 8.31. The molecule has 3 aromatic rings. The van der Waals surface area contributed by atoms with Gasteiger partial charge in [-0.25, -0.2) is 4.98 Å². The number of ether oxygens (including phenoxy) is 2. The Bertz CT molecular complexity index is 1180. The highest BCUT2D eigenvalue weighted by Gasteiger charge is 2.41. The largest absolute Gasteiger partial charge is 0.416 e. The van der Waals surface area contributed by atoms with E-state index in [0.29, 0.717) is 61.4 Å². The van der Waals surface area contributed by atoms with Crippen molar-refractivity contribution >= 4 is 28.3 Å². The third kappa shape index (κ3) is 4.38. The van der Waals surface area contributed by atoms with E-state index in [9.17, 15) is 18.0 Å². The SMILES string of the molecule is O=C(c1cc(Nc2cccc(C(F)(F)F)c2)nc2ccccc12)N1CCC2(CC1)OCCO2. The van der Waals surface area contributed by atoms with Crippen molar-refractivity contribution in [1.29, 1.82) is 0 Å². The van der Waals surface area contributed by atoms with E-state index < -0.39 is 17.5 Å². The molecule has 2 aliphatic heterocycles. The lowest BCUT2D eigenvalue weighted by molar-refractivity contribution is -0.181. The van der Waals surface area contributed by atoms with Gasteiger partial charge >= 0.3 is 6.18 Å². The van der Waals surface area contributed by atoms with Crippen LogP contribution in [-0.4, -0.2) is 47.9 Å². The molecule has 9 heteroatoms. The number of piperidine rings is 1. The molecule has 1 N–H and O–H groups in total. The Balaban J connectivity index is 1.44. The summed E-state index contributed by atoms with van der Waals surface area (Å²) in [4.78, 5) is 19.7. The molecule has 1 amide bonds. The van der Waals surface area contributed by atoms with Crippen molar-refractivity contribution in [3.63, 3.8) is 0 Å². The fourth-order valence-corrected chi connectivity index (χ4v) is 4.34. The van der Waals surface area contributed by atoms with E-state index in [-0.39, 0.29) is 11.6 Å². The molecule has 172 valence electrons. The average molecular weight is 457 g/mol. The van der Waals surface area contributed by atoms with Crippen molar-refractivity contribution in [2.24, 2.45) is 0 Å². The number of pyridine rings is 1. The molecule has 0 unspecified atom stereocenters. The zero-order chi connectivity index (χ0) is 23.1. The fourth-order valence-electron chi connectivity index (χ4n) is 4.34. The highest BCUT2D eigenvalue weighted by molar-refractivity contribution is 6.07. The van der Waals surface area contributed by atoms with Gasteiger partial charge in [0.25, 0.3) is 5.91 Å². The van der Waals surface area contributed by atoms with Gasteiger partial charge < -0.3 is 19.7 Å². The summed E-state index contributed by atoms with van der Waals surface area (Å²) in [6.45, 7) is 2.11. The van der Waals surface area contributed by atoms with E-state index in [4.69, 9.17) is 9.47 Å². The third-order valence-corrected chi connectivity index (χ3v) is 6.03. The van der Waals surface area contributed by atoms with Crippen LogP contribution < -0.4 is 5.32 Å². The minimum absolute atomic E-state index is 0.159. The highest BCUT2D eigenvalue weighted by Crippen LogP contribution is 2.34. The van der Waals surface area contributed by atoms with Gasteiger partial charge in [0.05, 0.1) is 29.9 Å². The summed E-state index contributed by atoms with van der Waals surface area (Å²) >= 11 is 0.